The maximum Gasteiger partial charge on any atom is 0.0136 e. The Morgan fingerprint density at radius 1 is 1.43 bits per heavy atom. The summed E-state index contributed by atoms with van der Waals surface area (Å²) in [6.07, 6.45) is 4.39. The second-order valence-electron chi connectivity index (χ2n) is 3.67. The Morgan fingerprint density at radius 3 is 2.71 bits per heavy atom. The Balaban J connectivity index is 3.00. The largest absolute Gasteiger partial charge is 0.102 e. The molecule has 0 amide bonds. The zero-order valence-electron chi connectivity index (χ0n) is 8.89. The standard InChI is InChI=1S/C13H17I/c1-4-6-11-7-12(10(3)5-2)9-13(14)8-11/h5,7-10H,2,4,6H2,1,3H3. The van der Waals surface area contributed by atoms with E-state index >= 15 is 0 Å². The van der Waals surface area contributed by atoms with Crippen LogP contribution in [0.5, 0.6) is 0 Å². The third kappa shape index (κ3) is 3.12. The molecule has 0 radical (unpaired) electrons. The molecule has 0 saturated heterocycles. The summed E-state index contributed by atoms with van der Waals surface area (Å²) in [5.41, 5.74) is 2.83. The number of allylic oxidation sites excluding steroid dienone is 1. The molecule has 1 rings (SSSR count). The van der Waals surface area contributed by atoms with Crippen LogP contribution in [0.15, 0.2) is 30.9 Å². The zero-order chi connectivity index (χ0) is 10.6. The summed E-state index contributed by atoms with van der Waals surface area (Å²) in [6.45, 7) is 8.25. The molecule has 1 heteroatoms. The van der Waals surface area contributed by atoms with Crippen molar-refractivity contribution in [2.75, 3.05) is 0 Å². The zero-order valence-corrected chi connectivity index (χ0v) is 11.0. The van der Waals surface area contributed by atoms with E-state index in [1.165, 1.54) is 27.5 Å². The third-order valence-corrected chi connectivity index (χ3v) is 3.02. The lowest BCUT2D eigenvalue weighted by Crippen LogP contribution is -1.93. The van der Waals surface area contributed by atoms with Crippen molar-refractivity contribution in [3.8, 4) is 0 Å². The third-order valence-electron chi connectivity index (χ3n) is 2.40. The van der Waals surface area contributed by atoms with Crippen LogP contribution in [0.1, 0.15) is 37.3 Å². The van der Waals surface area contributed by atoms with Gasteiger partial charge in [0.15, 0.2) is 0 Å². The number of benzene rings is 1. The van der Waals surface area contributed by atoms with Gasteiger partial charge in [-0.1, -0.05) is 32.4 Å². The van der Waals surface area contributed by atoms with Gasteiger partial charge in [-0.3, -0.25) is 0 Å². The fourth-order valence-electron chi connectivity index (χ4n) is 1.51. The lowest BCUT2D eigenvalue weighted by Gasteiger charge is -2.09. The highest BCUT2D eigenvalue weighted by atomic mass is 127. The molecule has 0 aliphatic carbocycles. The molecule has 0 bridgehead atoms. The molecular formula is C13H17I. The second kappa shape index (κ2) is 5.54. The summed E-state index contributed by atoms with van der Waals surface area (Å²) in [6, 6.07) is 6.81. The minimum atomic E-state index is 0.459. The molecule has 0 fully saturated rings. The van der Waals surface area contributed by atoms with Gasteiger partial charge in [-0.2, -0.15) is 0 Å². The molecule has 1 aromatic carbocycles. The molecule has 1 aromatic rings. The van der Waals surface area contributed by atoms with Crippen LogP contribution in [0, 0.1) is 3.57 Å². The Bertz CT molecular complexity index is 315. The monoisotopic (exact) mass is 300 g/mol. The maximum atomic E-state index is 3.84. The molecule has 1 unspecified atom stereocenters. The van der Waals surface area contributed by atoms with Crippen LogP contribution in [0.2, 0.25) is 0 Å². The highest BCUT2D eigenvalue weighted by Crippen LogP contribution is 2.21. The Labute approximate surface area is 101 Å². The van der Waals surface area contributed by atoms with E-state index in [9.17, 15) is 0 Å². The van der Waals surface area contributed by atoms with E-state index in [1.807, 2.05) is 6.08 Å². The fourth-order valence-corrected chi connectivity index (χ4v) is 2.27. The van der Waals surface area contributed by atoms with E-state index in [1.54, 1.807) is 0 Å². The van der Waals surface area contributed by atoms with Crippen molar-refractivity contribution in [1.82, 2.24) is 0 Å². The number of hydrogen-bond acceptors (Lipinski definition) is 0. The Hall–Kier alpha value is -0.310. The smallest absolute Gasteiger partial charge is 0.0136 e. The van der Waals surface area contributed by atoms with Crippen LogP contribution < -0.4 is 0 Å². The van der Waals surface area contributed by atoms with Crippen molar-refractivity contribution in [2.24, 2.45) is 0 Å². The molecule has 0 spiro atoms. The van der Waals surface area contributed by atoms with Crippen LogP contribution in [-0.4, -0.2) is 0 Å². The van der Waals surface area contributed by atoms with E-state index in [0.29, 0.717) is 5.92 Å². The average Bonchev–Trinajstić information content (AvgIpc) is 2.16. The van der Waals surface area contributed by atoms with Crippen molar-refractivity contribution in [3.05, 3.63) is 45.6 Å². The lowest BCUT2D eigenvalue weighted by atomic mass is 9.98. The van der Waals surface area contributed by atoms with Gasteiger partial charge in [0.1, 0.15) is 0 Å². The number of hydrogen-bond donors (Lipinski definition) is 0. The first-order valence-corrected chi connectivity index (χ1v) is 6.17. The lowest BCUT2D eigenvalue weighted by molar-refractivity contribution is 0.904. The summed E-state index contributed by atoms with van der Waals surface area (Å²) in [5.74, 6) is 0.459. The normalized spacial score (nSPS) is 12.5. The van der Waals surface area contributed by atoms with Gasteiger partial charge in [0.2, 0.25) is 0 Å². The first-order valence-electron chi connectivity index (χ1n) is 5.09. The van der Waals surface area contributed by atoms with Crippen molar-refractivity contribution in [1.29, 1.82) is 0 Å². The van der Waals surface area contributed by atoms with Gasteiger partial charge in [-0.25, -0.2) is 0 Å². The van der Waals surface area contributed by atoms with Gasteiger partial charge in [0.25, 0.3) is 0 Å². The number of aryl methyl sites for hydroxylation is 1. The van der Waals surface area contributed by atoms with Gasteiger partial charge in [0, 0.05) is 3.57 Å². The molecule has 0 heterocycles. The van der Waals surface area contributed by atoms with E-state index in [2.05, 4.69) is 61.2 Å². The maximum absolute atomic E-state index is 3.84. The Kier molecular flexibility index (Phi) is 4.66. The van der Waals surface area contributed by atoms with E-state index < -0.39 is 0 Å². The van der Waals surface area contributed by atoms with Gasteiger partial charge in [0.05, 0.1) is 0 Å². The molecule has 0 aliphatic heterocycles. The molecule has 0 N–H and O–H groups in total. The summed E-state index contributed by atoms with van der Waals surface area (Å²) < 4.78 is 1.33. The molecule has 0 nitrogen and oxygen atoms in total. The Morgan fingerprint density at radius 2 is 2.14 bits per heavy atom. The second-order valence-corrected chi connectivity index (χ2v) is 4.91. The summed E-state index contributed by atoms with van der Waals surface area (Å²) >= 11 is 2.39. The molecule has 0 aliphatic rings. The first-order chi connectivity index (χ1) is 6.67. The van der Waals surface area contributed by atoms with Crippen molar-refractivity contribution in [2.45, 2.75) is 32.6 Å². The molecule has 0 saturated carbocycles. The van der Waals surface area contributed by atoms with E-state index in [0.717, 1.165) is 0 Å². The van der Waals surface area contributed by atoms with E-state index in [4.69, 9.17) is 0 Å². The predicted octanol–water partition coefficient (Wildman–Crippen LogP) is 4.53. The van der Waals surface area contributed by atoms with Crippen LogP contribution in [-0.2, 0) is 6.42 Å². The highest BCUT2D eigenvalue weighted by Gasteiger charge is 2.03. The van der Waals surface area contributed by atoms with Gasteiger partial charge in [-0.05, 0) is 58.2 Å². The summed E-state index contributed by atoms with van der Waals surface area (Å²) in [7, 11) is 0. The number of rotatable bonds is 4. The highest BCUT2D eigenvalue weighted by molar-refractivity contribution is 14.1. The average molecular weight is 300 g/mol. The molecule has 14 heavy (non-hydrogen) atoms. The van der Waals surface area contributed by atoms with Crippen molar-refractivity contribution < 1.29 is 0 Å². The minimum absolute atomic E-state index is 0.459. The van der Waals surface area contributed by atoms with Crippen LogP contribution in [0.4, 0.5) is 0 Å². The van der Waals surface area contributed by atoms with Gasteiger partial charge < -0.3 is 0 Å². The van der Waals surface area contributed by atoms with Crippen LogP contribution in [0.3, 0.4) is 0 Å². The predicted molar refractivity (Wildman–Crippen MR) is 71.8 cm³/mol. The van der Waals surface area contributed by atoms with Gasteiger partial charge in [-0.15, -0.1) is 6.58 Å². The summed E-state index contributed by atoms with van der Waals surface area (Å²) in [4.78, 5) is 0. The van der Waals surface area contributed by atoms with Crippen molar-refractivity contribution in [3.63, 3.8) is 0 Å². The van der Waals surface area contributed by atoms with Crippen LogP contribution >= 0.6 is 22.6 Å². The first kappa shape index (κ1) is 11.8. The molecule has 1 atom stereocenters. The SMILES string of the molecule is C=CC(C)c1cc(I)cc(CCC)c1. The quantitative estimate of drug-likeness (QED) is 0.566. The number of halogens is 1. The summed E-state index contributed by atoms with van der Waals surface area (Å²) in [5, 5.41) is 0. The van der Waals surface area contributed by atoms with Crippen LogP contribution in [0.25, 0.3) is 0 Å². The fraction of sp³-hybridized carbons (Fsp3) is 0.385. The topological polar surface area (TPSA) is 0 Å². The minimum Gasteiger partial charge on any atom is -0.102 e. The van der Waals surface area contributed by atoms with Gasteiger partial charge >= 0.3 is 0 Å². The van der Waals surface area contributed by atoms with E-state index in [-0.39, 0.29) is 0 Å². The van der Waals surface area contributed by atoms with Crippen molar-refractivity contribution >= 4 is 22.6 Å². The molecule has 76 valence electrons. The molecular weight excluding hydrogens is 283 g/mol. The molecule has 0 aromatic heterocycles.